The van der Waals surface area contributed by atoms with Gasteiger partial charge >= 0.3 is 0 Å². The fraction of sp³-hybridized carbons (Fsp3) is 0.588. The number of nitrogens with zero attached hydrogens (tertiary/aromatic N) is 1. The number of rotatable bonds is 6. The number of hydrogen-bond donors (Lipinski definition) is 1. The second kappa shape index (κ2) is 8.03. The van der Waals surface area contributed by atoms with Crippen LogP contribution in [0.25, 0.3) is 0 Å². The van der Waals surface area contributed by atoms with E-state index in [2.05, 4.69) is 24.3 Å². The number of carbonyl (C=O) groups is 1. The van der Waals surface area contributed by atoms with Crippen molar-refractivity contribution in [1.29, 1.82) is 0 Å². The zero-order chi connectivity index (χ0) is 15.1. The molecule has 1 saturated carbocycles. The molecule has 0 spiro atoms. The highest BCUT2D eigenvalue weighted by Crippen LogP contribution is 2.24. The normalized spacial score (nSPS) is 22.0. The molecule has 0 aliphatic heterocycles. The number of hydrogen-bond acceptors (Lipinski definition) is 3. The molecule has 2 atom stereocenters. The van der Waals surface area contributed by atoms with Crippen LogP contribution in [-0.4, -0.2) is 44.1 Å². The van der Waals surface area contributed by atoms with Crippen LogP contribution in [0.5, 0.6) is 5.75 Å². The highest BCUT2D eigenvalue weighted by molar-refractivity contribution is 5.77. The Bertz CT molecular complexity index is 434. The summed E-state index contributed by atoms with van der Waals surface area (Å²) in [6.45, 7) is 1.12. The predicted octanol–water partition coefficient (Wildman–Crippen LogP) is 2.30. The maximum atomic E-state index is 12.1. The minimum absolute atomic E-state index is 0.0190. The summed E-state index contributed by atoms with van der Waals surface area (Å²) in [5.74, 6) is 1.27. The van der Waals surface area contributed by atoms with Crippen molar-refractivity contribution in [2.75, 3.05) is 27.2 Å². The van der Waals surface area contributed by atoms with Gasteiger partial charge in [-0.2, -0.15) is 0 Å². The van der Waals surface area contributed by atoms with Gasteiger partial charge in [-0.05, 0) is 45.0 Å². The molecule has 116 valence electrons. The molecular weight excluding hydrogens is 264 g/mol. The van der Waals surface area contributed by atoms with Gasteiger partial charge in [0.2, 0.25) is 0 Å². The minimum atomic E-state index is -0.0190. The van der Waals surface area contributed by atoms with E-state index in [-0.39, 0.29) is 18.6 Å². The van der Waals surface area contributed by atoms with Crippen molar-refractivity contribution in [2.45, 2.75) is 31.7 Å². The SMILES string of the molecule is CN(C)CC1CCCCC1NC(=O)COc1ccccc1. The van der Waals surface area contributed by atoms with Crippen LogP contribution < -0.4 is 10.1 Å². The van der Waals surface area contributed by atoms with E-state index in [1.54, 1.807) is 0 Å². The van der Waals surface area contributed by atoms with Crippen molar-refractivity contribution in [1.82, 2.24) is 10.2 Å². The summed E-state index contributed by atoms with van der Waals surface area (Å²) in [5.41, 5.74) is 0. The molecule has 1 aromatic carbocycles. The molecule has 4 heteroatoms. The lowest BCUT2D eigenvalue weighted by Crippen LogP contribution is -2.46. The summed E-state index contributed by atoms with van der Waals surface area (Å²) in [6.07, 6.45) is 4.75. The molecule has 4 nitrogen and oxygen atoms in total. The lowest BCUT2D eigenvalue weighted by molar-refractivity contribution is -0.124. The Morgan fingerprint density at radius 2 is 1.95 bits per heavy atom. The Labute approximate surface area is 127 Å². The van der Waals surface area contributed by atoms with Gasteiger partial charge in [-0.1, -0.05) is 31.0 Å². The molecule has 1 fully saturated rings. The first-order chi connectivity index (χ1) is 10.1. The quantitative estimate of drug-likeness (QED) is 0.874. The Morgan fingerprint density at radius 3 is 2.67 bits per heavy atom. The first-order valence-corrected chi connectivity index (χ1v) is 7.77. The van der Waals surface area contributed by atoms with Gasteiger partial charge in [0.15, 0.2) is 6.61 Å². The molecule has 0 aromatic heterocycles. The second-order valence-electron chi connectivity index (χ2n) is 6.08. The van der Waals surface area contributed by atoms with E-state index in [0.29, 0.717) is 5.92 Å². The number of carbonyl (C=O) groups excluding carboxylic acids is 1. The van der Waals surface area contributed by atoms with Crippen LogP contribution in [-0.2, 0) is 4.79 Å². The highest BCUT2D eigenvalue weighted by Gasteiger charge is 2.26. The van der Waals surface area contributed by atoms with Crippen molar-refractivity contribution in [3.8, 4) is 5.75 Å². The van der Waals surface area contributed by atoms with Crippen molar-refractivity contribution >= 4 is 5.91 Å². The van der Waals surface area contributed by atoms with E-state index in [0.717, 1.165) is 18.7 Å². The maximum absolute atomic E-state index is 12.1. The first kappa shape index (κ1) is 15.8. The van der Waals surface area contributed by atoms with Gasteiger partial charge in [0.05, 0.1) is 0 Å². The summed E-state index contributed by atoms with van der Waals surface area (Å²) in [5, 5.41) is 3.15. The zero-order valence-corrected chi connectivity index (χ0v) is 13.0. The standard InChI is InChI=1S/C17H26N2O2/c1-19(2)12-14-8-6-7-11-16(14)18-17(20)13-21-15-9-4-3-5-10-15/h3-5,9-10,14,16H,6-8,11-13H2,1-2H3,(H,18,20). The third kappa shape index (κ3) is 5.38. The van der Waals surface area contributed by atoms with Crippen LogP contribution in [0, 0.1) is 5.92 Å². The van der Waals surface area contributed by atoms with E-state index in [1.807, 2.05) is 30.3 Å². The largest absolute Gasteiger partial charge is 0.484 e. The number of benzene rings is 1. The summed E-state index contributed by atoms with van der Waals surface area (Å²) in [4.78, 5) is 14.3. The van der Waals surface area contributed by atoms with Crippen molar-refractivity contribution in [2.24, 2.45) is 5.92 Å². The van der Waals surface area contributed by atoms with Crippen LogP contribution in [0.3, 0.4) is 0 Å². The molecule has 1 amide bonds. The van der Waals surface area contributed by atoms with Gasteiger partial charge in [0.1, 0.15) is 5.75 Å². The lowest BCUT2D eigenvalue weighted by Gasteiger charge is -2.33. The van der Waals surface area contributed by atoms with Crippen molar-refractivity contribution in [3.05, 3.63) is 30.3 Å². The van der Waals surface area contributed by atoms with Crippen molar-refractivity contribution < 1.29 is 9.53 Å². The summed E-state index contributed by atoms with van der Waals surface area (Å²) < 4.78 is 5.50. The Kier molecular flexibility index (Phi) is 6.05. The van der Waals surface area contributed by atoms with Gasteiger partial charge < -0.3 is 15.0 Å². The lowest BCUT2D eigenvalue weighted by atomic mass is 9.84. The monoisotopic (exact) mass is 290 g/mol. The van der Waals surface area contributed by atoms with Crippen LogP contribution in [0.4, 0.5) is 0 Å². The van der Waals surface area contributed by atoms with Crippen LogP contribution >= 0.6 is 0 Å². The van der Waals surface area contributed by atoms with E-state index in [9.17, 15) is 4.79 Å². The summed E-state index contributed by atoms with van der Waals surface area (Å²) >= 11 is 0. The first-order valence-electron chi connectivity index (χ1n) is 7.77. The third-order valence-corrected chi connectivity index (χ3v) is 3.97. The van der Waals surface area contributed by atoms with Gasteiger partial charge in [-0.3, -0.25) is 4.79 Å². The van der Waals surface area contributed by atoms with Crippen molar-refractivity contribution in [3.63, 3.8) is 0 Å². The smallest absolute Gasteiger partial charge is 0.258 e. The molecule has 0 heterocycles. The van der Waals surface area contributed by atoms with Gasteiger partial charge in [0, 0.05) is 12.6 Å². The van der Waals surface area contributed by atoms with E-state index in [1.165, 1.54) is 19.3 Å². The van der Waals surface area contributed by atoms with Gasteiger partial charge in [0.25, 0.3) is 5.91 Å². The summed E-state index contributed by atoms with van der Waals surface area (Å²) in [7, 11) is 4.18. The topological polar surface area (TPSA) is 41.6 Å². The fourth-order valence-corrected chi connectivity index (χ4v) is 3.00. The molecule has 1 N–H and O–H groups in total. The van der Waals surface area contributed by atoms with Crippen LogP contribution in [0.1, 0.15) is 25.7 Å². The molecule has 2 rings (SSSR count). The average molecular weight is 290 g/mol. The molecule has 1 aliphatic carbocycles. The molecule has 0 radical (unpaired) electrons. The molecule has 2 unspecified atom stereocenters. The van der Waals surface area contributed by atoms with E-state index in [4.69, 9.17) is 4.74 Å². The minimum Gasteiger partial charge on any atom is -0.484 e. The fourth-order valence-electron chi connectivity index (χ4n) is 3.00. The van der Waals surface area contributed by atoms with E-state index < -0.39 is 0 Å². The predicted molar refractivity (Wildman–Crippen MR) is 84.4 cm³/mol. The average Bonchev–Trinajstić information content (AvgIpc) is 2.48. The molecule has 1 aliphatic rings. The zero-order valence-electron chi connectivity index (χ0n) is 13.0. The number of nitrogens with one attached hydrogen (secondary N) is 1. The van der Waals surface area contributed by atoms with Gasteiger partial charge in [-0.15, -0.1) is 0 Å². The second-order valence-corrected chi connectivity index (χ2v) is 6.08. The van der Waals surface area contributed by atoms with E-state index >= 15 is 0 Å². The number of amides is 1. The Morgan fingerprint density at radius 1 is 1.24 bits per heavy atom. The molecule has 21 heavy (non-hydrogen) atoms. The Balaban J connectivity index is 1.80. The molecule has 0 saturated heterocycles. The summed E-state index contributed by atoms with van der Waals surface area (Å²) in [6, 6.07) is 9.75. The number of ether oxygens (including phenoxy) is 1. The Hall–Kier alpha value is -1.55. The molecule has 0 bridgehead atoms. The molecule has 1 aromatic rings. The third-order valence-electron chi connectivity index (χ3n) is 3.97. The van der Waals surface area contributed by atoms with Crippen LogP contribution in [0.15, 0.2) is 30.3 Å². The highest BCUT2D eigenvalue weighted by atomic mass is 16.5. The van der Waals surface area contributed by atoms with Crippen LogP contribution in [0.2, 0.25) is 0 Å². The molecular formula is C17H26N2O2. The van der Waals surface area contributed by atoms with Gasteiger partial charge in [-0.25, -0.2) is 0 Å². The number of para-hydroxylation sites is 1. The maximum Gasteiger partial charge on any atom is 0.258 e.